The van der Waals surface area contributed by atoms with Gasteiger partial charge in [-0.15, -0.1) is 0 Å². The molecule has 0 spiro atoms. The fourth-order valence-corrected chi connectivity index (χ4v) is 0.544. The third-order valence-corrected chi connectivity index (χ3v) is 1.24. The summed E-state index contributed by atoms with van der Waals surface area (Å²) in [4.78, 5) is 9.97. The van der Waals surface area contributed by atoms with Crippen molar-refractivity contribution in [3.8, 4) is 0 Å². The van der Waals surface area contributed by atoms with Crippen LogP contribution in [-0.4, -0.2) is 9.56 Å². The molecular formula is C2H4N2OS3Zn. The molecule has 0 rings (SSSR count). The van der Waals surface area contributed by atoms with Crippen molar-refractivity contribution in [1.29, 1.82) is 0 Å². The van der Waals surface area contributed by atoms with Gasteiger partial charge >= 0.3 is 0 Å². The molecule has 0 aromatic carbocycles. The van der Waals surface area contributed by atoms with Crippen molar-refractivity contribution in [2.45, 2.75) is 0 Å². The Morgan fingerprint density at radius 1 is 1.78 bits per heavy atom. The van der Waals surface area contributed by atoms with Crippen molar-refractivity contribution in [1.82, 2.24) is 4.72 Å². The van der Waals surface area contributed by atoms with Crippen molar-refractivity contribution < 1.29 is 24.3 Å². The standard InChI is InChI=1S/C2H4N2OS3.Zn/c3-1(6)8-4-2(5)7;/h(H2,3,6)(H2,4,5,7);. The Morgan fingerprint density at radius 2 is 2.22 bits per heavy atom. The molecule has 1 amide bonds. The molecule has 0 bridgehead atoms. The fraction of sp³-hybridized carbons (Fsp3) is 0. The second-order valence-corrected chi connectivity index (χ2v) is 2.78. The third-order valence-electron chi connectivity index (χ3n) is 0.239. The zero-order valence-electron chi connectivity index (χ0n) is 4.46. The molecule has 0 saturated carbocycles. The van der Waals surface area contributed by atoms with Crippen LogP contribution in [0.25, 0.3) is 0 Å². The van der Waals surface area contributed by atoms with E-state index in [-0.39, 0.29) is 23.8 Å². The van der Waals surface area contributed by atoms with Gasteiger partial charge in [0.1, 0.15) is 0 Å². The summed E-state index contributed by atoms with van der Waals surface area (Å²) < 4.78 is 2.39. The molecule has 3 N–H and O–H groups in total. The Hall–Kier alpha value is 0.683. The number of carbonyl (C=O) groups excluding carboxylic acids is 1. The predicted octanol–water partition coefficient (Wildman–Crippen LogP) is 0.515. The molecule has 0 aromatic heterocycles. The van der Waals surface area contributed by atoms with Crippen LogP contribution < -0.4 is 10.5 Å². The van der Waals surface area contributed by atoms with E-state index in [4.69, 9.17) is 5.73 Å². The molecule has 9 heavy (non-hydrogen) atoms. The van der Waals surface area contributed by atoms with Gasteiger partial charge < -0.3 is 5.73 Å². The minimum absolute atomic E-state index is 0. The summed E-state index contributed by atoms with van der Waals surface area (Å²) in [7, 11) is 0. The van der Waals surface area contributed by atoms with E-state index in [0.29, 0.717) is 0 Å². The molecule has 0 aliphatic rings. The van der Waals surface area contributed by atoms with Crippen LogP contribution in [0.15, 0.2) is 0 Å². The Morgan fingerprint density at radius 3 is 2.33 bits per heavy atom. The SMILES string of the molecule is NC(=S)SNC(=O)S.[Zn]. The van der Waals surface area contributed by atoms with E-state index in [1.165, 1.54) is 0 Å². The summed E-state index contributed by atoms with van der Waals surface area (Å²) in [5, 5.41) is -0.456. The summed E-state index contributed by atoms with van der Waals surface area (Å²) in [6.07, 6.45) is 0. The topological polar surface area (TPSA) is 55.1 Å². The smallest absolute Gasteiger partial charge is 0.286 e. The number of thiol groups is 1. The van der Waals surface area contributed by atoms with E-state index in [1.807, 2.05) is 0 Å². The second-order valence-electron chi connectivity index (χ2n) is 0.828. The first-order valence-electron chi connectivity index (χ1n) is 1.58. The normalized spacial score (nSPS) is 7.22. The van der Waals surface area contributed by atoms with Crippen LogP contribution in [0.1, 0.15) is 0 Å². The average Bonchev–Trinajstić information content (AvgIpc) is 1.61. The first-order chi connectivity index (χ1) is 3.63. The molecule has 0 atom stereocenters. The number of amides is 1. The van der Waals surface area contributed by atoms with E-state index in [9.17, 15) is 4.79 Å². The molecule has 0 aliphatic carbocycles. The Labute approximate surface area is 80.8 Å². The van der Waals surface area contributed by atoms with E-state index in [0.717, 1.165) is 11.9 Å². The van der Waals surface area contributed by atoms with Crippen LogP contribution in [0.4, 0.5) is 4.79 Å². The van der Waals surface area contributed by atoms with E-state index in [2.05, 4.69) is 29.6 Å². The van der Waals surface area contributed by atoms with Crippen molar-refractivity contribution >= 4 is 46.4 Å². The van der Waals surface area contributed by atoms with Gasteiger partial charge in [0.25, 0.3) is 5.24 Å². The molecule has 0 aromatic rings. The first kappa shape index (κ1) is 12.4. The maximum atomic E-state index is 9.97. The van der Waals surface area contributed by atoms with Crippen LogP contribution >= 0.6 is 36.8 Å². The molecule has 7 heteroatoms. The van der Waals surface area contributed by atoms with E-state index >= 15 is 0 Å². The van der Waals surface area contributed by atoms with Crippen molar-refractivity contribution in [2.75, 3.05) is 0 Å². The van der Waals surface area contributed by atoms with E-state index < -0.39 is 5.24 Å². The molecule has 0 heterocycles. The van der Waals surface area contributed by atoms with Gasteiger partial charge in [0.15, 0.2) is 4.32 Å². The van der Waals surface area contributed by atoms with Gasteiger partial charge in [-0.25, -0.2) is 0 Å². The van der Waals surface area contributed by atoms with Gasteiger partial charge in [-0.3, -0.25) is 9.52 Å². The molecule has 0 saturated heterocycles. The fourth-order valence-electron chi connectivity index (χ4n) is 0.0940. The Balaban J connectivity index is 0. The molecule has 48 valence electrons. The second kappa shape index (κ2) is 6.80. The van der Waals surface area contributed by atoms with E-state index in [1.54, 1.807) is 0 Å². The number of thiocarbonyl (C=S) groups is 1. The summed E-state index contributed by atoms with van der Waals surface area (Å²) in [5.41, 5.74) is 4.99. The number of carbonyl (C=O) groups is 1. The van der Waals surface area contributed by atoms with Crippen LogP contribution in [0.3, 0.4) is 0 Å². The van der Waals surface area contributed by atoms with Gasteiger partial charge in [0.05, 0.1) is 0 Å². The Kier molecular flexibility index (Phi) is 9.34. The molecule has 0 unspecified atom stereocenters. The largest absolute Gasteiger partial charge is 0.383 e. The maximum absolute atomic E-state index is 9.97. The molecule has 0 fully saturated rings. The van der Waals surface area contributed by atoms with Crippen molar-refractivity contribution in [3.05, 3.63) is 0 Å². The average molecular weight is 234 g/mol. The number of hydrogen-bond acceptors (Lipinski definition) is 3. The molecular weight excluding hydrogens is 230 g/mol. The van der Waals surface area contributed by atoms with Crippen molar-refractivity contribution in [2.24, 2.45) is 5.73 Å². The summed E-state index contributed by atoms with van der Waals surface area (Å²) in [6, 6.07) is 0. The van der Waals surface area contributed by atoms with Gasteiger partial charge in [-0.1, -0.05) is 24.8 Å². The number of nitrogens with two attached hydrogens (primary N) is 1. The summed E-state index contributed by atoms with van der Waals surface area (Å²) >= 11 is 8.67. The third kappa shape index (κ3) is 12.0. The van der Waals surface area contributed by atoms with Crippen molar-refractivity contribution in [3.63, 3.8) is 0 Å². The van der Waals surface area contributed by atoms with Gasteiger partial charge in [-0.05, 0) is 0 Å². The van der Waals surface area contributed by atoms with Crippen LogP contribution in [0.5, 0.6) is 0 Å². The summed E-state index contributed by atoms with van der Waals surface area (Å²) in [5.74, 6) is 0. The number of hydrogen-bond donors (Lipinski definition) is 3. The minimum atomic E-state index is -0.456. The molecule has 0 radical (unpaired) electrons. The van der Waals surface area contributed by atoms with Gasteiger partial charge in [0, 0.05) is 31.4 Å². The van der Waals surface area contributed by atoms with Crippen LogP contribution in [-0.2, 0) is 19.5 Å². The molecule has 3 nitrogen and oxygen atoms in total. The maximum Gasteiger partial charge on any atom is 0.286 e. The van der Waals surface area contributed by atoms with Gasteiger partial charge in [-0.2, -0.15) is 0 Å². The monoisotopic (exact) mass is 232 g/mol. The minimum Gasteiger partial charge on any atom is -0.383 e. The summed E-state index contributed by atoms with van der Waals surface area (Å²) in [6.45, 7) is 0. The van der Waals surface area contributed by atoms with Crippen LogP contribution in [0.2, 0.25) is 0 Å². The van der Waals surface area contributed by atoms with Gasteiger partial charge in [0.2, 0.25) is 0 Å². The predicted molar refractivity (Wildman–Crippen MR) is 41.9 cm³/mol. The zero-order chi connectivity index (χ0) is 6.57. The zero-order valence-corrected chi connectivity index (χ0v) is 9.95. The Bertz CT molecular complexity index is 104. The number of nitrogens with one attached hydrogen (secondary N) is 1. The first-order valence-corrected chi connectivity index (χ1v) is 3.25. The van der Waals surface area contributed by atoms with Crippen LogP contribution in [0, 0.1) is 0 Å². The number of rotatable bonds is 0. The molecule has 0 aliphatic heterocycles. The quantitative estimate of drug-likeness (QED) is 0.247.